The van der Waals surface area contributed by atoms with Gasteiger partial charge in [-0.05, 0) is 42.8 Å². The molecule has 3 N–H and O–H groups in total. The Balaban J connectivity index is 1.87. The molecule has 106 valence electrons. The first-order valence-electron chi connectivity index (χ1n) is 6.26. The minimum atomic E-state index is -0.403. The first-order chi connectivity index (χ1) is 10.0. The minimum Gasteiger partial charge on any atom is -0.399 e. The van der Waals surface area contributed by atoms with Gasteiger partial charge in [-0.25, -0.2) is 9.37 Å². The first kappa shape index (κ1) is 13.5. The number of nitrogen functional groups attached to an aromatic ring is 1. The molecule has 0 aliphatic heterocycles. The van der Waals surface area contributed by atoms with E-state index in [1.807, 2.05) is 0 Å². The fourth-order valence-corrected chi connectivity index (χ4v) is 2.81. The highest BCUT2D eigenvalue weighted by Gasteiger charge is 2.11. The van der Waals surface area contributed by atoms with Crippen LogP contribution in [0.15, 0.2) is 36.4 Å². The fraction of sp³-hybridized carbons (Fsp3) is 0.0667. The number of nitrogens with one attached hydrogen (secondary N) is 1. The van der Waals surface area contributed by atoms with Crippen molar-refractivity contribution in [2.75, 3.05) is 11.1 Å². The van der Waals surface area contributed by atoms with Gasteiger partial charge in [-0.15, -0.1) is 0 Å². The molecule has 1 aromatic heterocycles. The van der Waals surface area contributed by atoms with Gasteiger partial charge in [-0.3, -0.25) is 10.1 Å². The van der Waals surface area contributed by atoms with Crippen LogP contribution in [0.2, 0.25) is 0 Å². The van der Waals surface area contributed by atoms with Crippen LogP contribution in [0.4, 0.5) is 15.2 Å². The minimum absolute atomic E-state index is 0.261. The van der Waals surface area contributed by atoms with Gasteiger partial charge in [0.05, 0.1) is 10.2 Å². The van der Waals surface area contributed by atoms with Crippen LogP contribution in [0.3, 0.4) is 0 Å². The van der Waals surface area contributed by atoms with E-state index in [4.69, 9.17) is 5.73 Å². The van der Waals surface area contributed by atoms with E-state index in [2.05, 4.69) is 10.3 Å². The summed E-state index contributed by atoms with van der Waals surface area (Å²) in [6.45, 7) is 1.65. The van der Waals surface area contributed by atoms with Crippen LogP contribution >= 0.6 is 11.3 Å². The fourth-order valence-electron chi connectivity index (χ4n) is 1.90. The Bertz CT molecular complexity index is 844. The second-order valence-electron chi connectivity index (χ2n) is 4.66. The molecular formula is C15H12FN3OS. The maximum absolute atomic E-state index is 13.5. The number of hydrogen-bond donors (Lipinski definition) is 2. The number of aryl methyl sites for hydroxylation is 1. The third-order valence-corrected chi connectivity index (χ3v) is 4.00. The van der Waals surface area contributed by atoms with E-state index >= 15 is 0 Å². The Labute approximate surface area is 124 Å². The number of carbonyl (C=O) groups is 1. The molecule has 0 radical (unpaired) electrons. The lowest BCUT2D eigenvalue weighted by Gasteiger charge is -2.03. The van der Waals surface area contributed by atoms with Crippen molar-refractivity contribution in [3.63, 3.8) is 0 Å². The largest absolute Gasteiger partial charge is 0.399 e. The molecule has 6 heteroatoms. The number of rotatable bonds is 2. The molecule has 3 rings (SSSR count). The smallest absolute Gasteiger partial charge is 0.257 e. The maximum Gasteiger partial charge on any atom is 0.257 e. The molecule has 0 unspecified atom stereocenters. The number of thiazole rings is 1. The number of halogens is 1. The number of amides is 1. The van der Waals surface area contributed by atoms with Crippen LogP contribution in [0, 0.1) is 12.7 Å². The molecule has 0 saturated heterocycles. The number of carbonyl (C=O) groups excluding carboxylic acids is 1. The van der Waals surface area contributed by atoms with E-state index in [9.17, 15) is 9.18 Å². The number of nitrogens with zero attached hydrogens (tertiary/aromatic N) is 1. The lowest BCUT2D eigenvalue weighted by atomic mass is 10.1. The van der Waals surface area contributed by atoms with Gasteiger partial charge < -0.3 is 5.73 Å². The van der Waals surface area contributed by atoms with Crippen LogP contribution < -0.4 is 11.1 Å². The molecule has 2 aromatic carbocycles. The van der Waals surface area contributed by atoms with Crippen molar-refractivity contribution >= 4 is 38.3 Å². The molecule has 21 heavy (non-hydrogen) atoms. The van der Waals surface area contributed by atoms with Crippen LogP contribution in [-0.4, -0.2) is 10.9 Å². The zero-order valence-corrected chi connectivity index (χ0v) is 12.0. The molecule has 3 aromatic rings. The predicted octanol–water partition coefficient (Wildman–Crippen LogP) is 3.58. The lowest BCUT2D eigenvalue weighted by Crippen LogP contribution is -2.12. The zero-order valence-electron chi connectivity index (χ0n) is 11.2. The Hall–Kier alpha value is -2.47. The SMILES string of the molecule is Cc1ccc(C(=O)Nc2nc3ccc(N)cc3s2)cc1F. The van der Waals surface area contributed by atoms with E-state index in [-0.39, 0.29) is 11.5 Å². The van der Waals surface area contributed by atoms with E-state index < -0.39 is 5.82 Å². The van der Waals surface area contributed by atoms with Crippen molar-refractivity contribution < 1.29 is 9.18 Å². The van der Waals surface area contributed by atoms with Crippen LogP contribution in [0.25, 0.3) is 10.2 Å². The summed E-state index contributed by atoms with van der Waals surface area (Å²) < 4.78 is 14.4. The Morgan fingerprint density at radius 2 is 2.10 bits per heavy atom. The van der Waals surface area contributed by atoms with E-state index in [1.54, 1.807) is 37.3 Å². The molecule has 0 atom stereocenters. The summed E-state index contributed by atoms with van der Waals surface area (Å²) in [5.41, 5.74) is 7.88. The second-order valence-corrected chi connectivity index (χ2v) is 5.69. The normalized spacial score (nSPS) is 10.8. The quantitative estimate of drug-likeness (QED) is 0.711. The number of nitrogens with two attached hydrogens (primary N) is 1. The summed E-state index contributed by atoms with van der Waals surface area (Å²) in [6, 6.07) is 9.72. The highest BCUT2D eigenvalue weighted by molar-refractivity contribution is 7.22. The third kappa shape index (κ3) is 2.71. The summed E-state index contributed by atoms with van der Waals surface area (Å²) in [5.74, 6) is -0.791. The Morgan fingerprint density at radius 1 is 1.29 bits per heavy atom. The van der Waals surface area contributed by atoms with E-state index in [0.29, 0.717) is 16.4 Å². The average molecular weight is 301 g/mol. The topological polar surface area (TPSA) is 68.0 Å². The van der Waals surface area contributed by atoms with Crippen molar-refractivity contribution in [3.8, 4) is 0 Å². The van der Waals surface area contributed by atoms with Gasteiger partial charge in [0, 0.05) is 11.3 Å². The molecule has 0 spiro atoms. The van der Waals surface area contributed by atoms with Gasteiger partial charge in [0.15, 0.2) is 5.13 Å². The third-order valence-electron chi connectivity index (χ3n) is 3.07. The molecule has 0 saturated carbocycles. The Kier molecular flexibility index (Phi) is 3.31. The lowest BCUT2D eigenvalue weighted by molar-refractivity contribution is 0.102. The number of benzene rings is 2. The first-order valence-corrected chi connectivity index (χ1v) is 7.08. The van der Waals surface area contributed by atoms with Crippen LogP contribution in [0.5, 0.6) is 0 Å². The maximum atomic E-state index is 13.5. The van der Waals surface area contributed by atoms with Gasteiger partial charge >= 0.3 is 0 Å². The molecule has 4 nitrogen and oxygen atoms in total. The summed E-state index contributed by atoms with van der Waals surface area (Å²) in [4.78, 5) is 16.4. The standard InChI is InChI=1S/C15H12FN3OS/c1-8-2-3-9(6-11(8)16)14(20)19-15-18-12-5-4-10(17)7-13(12)21-15/h2-7H,17H2,1H3,(H,18,19,20). The van der Waals surface area contributed by atoms with Crippen molar-refractivity contribution in [1.82, 2.24) is 4.98 Å². The van der Waals surface area contributed by atoms with Crippen LogP contribution in [0.1, 0.15) is 15.9 Å². The molecule has 0 aliphatic carbocycles. The highest BCUT2D eigenvalue weighted by Crippen LogP contribution is 2.27. The predicted molar refractivity (Wildman–Crippen MR) is 83.1 cm³/mol. The summed E-state index contributed by atoms with van der Waals surface area (Å²) >= 11 is 1.32. The molecule has 0 fully saturated rings. The van der Waals surface area contributed by atoms with Gasteiger partial charge in [-0.2, -0.15) is 0 Å². The number of aromatic nitrogens is 1. The van der Waals surface area contributed by atoms with E-state index in [1.165, 1.54) is 17.4 Å². The van der Waals surface area contributed by atoms with Crippen molar-refractivity contribution in [1.29, 1.82) is 0 Å². The molecule has 0 bridgehead atoms. The van der Waals surface area contributed by atoms with Gasteiger partial charge in [0.25, 0.3) is 5.91 Å². The van der Waals surface area contributed by atoms with E-state index in [0.717, 1.165) is 10.2 Å². The van der Waals surface area contributed by atoms with Gasteiger partial charge in [0.2, 0.25) is 0 Å². The average Bonchev–Trinajstić information content (AvgIpc) is 2.83. The molecule has 1 heterocycles. The van der Waals surface area contributed by atoms with Crippen molar-refractivity contribution in [2.24, 2.45) is 0 Å². The van der Waals surface area contributed by atoms with Crippen LogP contribution in [-0.2, 0) is 0 Å². The van der Waals surface area contributed by atoms with Crippen molar-refractivity contribution in [2.45, 2.75) is 6.92 Å². The molecular weight excluding hydrogens is 289 g/mol. The zero-order chi connectivity index (χ0) is 15.0. The highest BCUT2D eigenvalue weighted by atomic mass is 32.1. The summed E-state index contributed by atoms with van der Waals surface area (Å²) in [7, 11) is 0. The second kappa shape index (κ2) is 5.14. The monoisotopic (exact) mass is 301 g/mol. The van der Waals surface area contributed by atoms with Crippen molar-refractivity contribution in [3.05, 3.63) is 53.3 Å². The Morgan fingerprint density at radius 3 is 2.86 bits per heavy atom. The summed E-state index contributed by atoms with van der Waals surface area (Å²) in [6.07, 6.45) is 0. The number of anilines is 2. The molecule has 1 amide bonds. The number of fused-ring (bicyclic) bond motifs is 1. The van der Waals surface area contributed by atoms with Gasteiger partial charge in [-0.1, -0.05) is 17.4 Å². The van der Waals surface area contributed by atoms with Gasteiger partial charge in [0.1, 0.15) is 5.82 Å². The molecule has 0 aliphatic rings. The summed E-state index contributed by atoms with van der Waals surface area (Å²) in [5, 5.41) is 3.13. The number of hydrogen-bond acceptors (Lipinski definition) is 4.